The summed E-state index contributed by atoms with van der Waals surface area (Å²) >= 11 is 0. The molecule has 1 aromatic carbocycles. The highest BCUT2D eigenvalue weighted by Crippen LogP contribution is 2.26. The first-order chi connectivity index (χ1) is 12.2. The summed E-state index contributed by atoms with van der Waals surface area (Å²) in [6, 6.07) is 9.49. The van der Waals surface area contributed by atoms with Gasteiger partial charge in [0.1, 0.15) is 0 Å². The molecule has 2 aromatic heterocycles. The van der Waals surface area contributed by atoms with E-state index in [4.69, 9.17) is 4.74 Å². The lowest BCUT2D eigenvalue weighted by Gasteiger charge is -2.10. The standard InChI is InChI=1S/C19H20N4O2/c1-3-11-23-14(9-10-21-23)12-16(19(24)25-4-2)17-13-20-22-18-8-6-5-7-15(17)18/h5-10,12-13H,3-4,11H2,1-2H3. The molecule has 3 aromatic rings. The van der Waals surface area contributed by atoms with Crippen molar-refractivity contribution in [3.8, 4) is 0 Å². The van der Waals surface area contributed by atoms with Crippen molar-refractivity contribution in [1.29, 1.82) is 0 Å². The molecule has 25 heavy (non-hydrogen) atoms. The molecule has 0 aliphatic rings. The van der Waals surface area contributed by atoms with Gasteiger partial charge in [0, 0.05) is 23.7 Å². The smallest absolute Gasteiger partial charge is 0.338 e. The number of benzene rings is 1. The molecule has 0 spiro atoms. The van der Waals surface area contributed by atoms with Crippen LogP contribution in [-0.2, 0) is 16.1 Å². The summed E-state index contributed by atoms with van der Waals surface area (Å²) in [4.78, 5) is 12.6. The molecule has 0 unspecified atom stereocenters. The van der Waals surface area contributed by atoms with Crippen molar-refractivity contribution < 1.29 is 9.53 Å². The van der Waals surface area contributed by atoms with E-state index in [-0.39, 0.29) is 5.97 Å². The van der Waals surface area contributed by atoms with E-state index in [0.717, 1.165) is 29.6 Å². The van der Waals surface area contributed by atoms with Gasteiger partial charge in [0.25, 0.3) is 0 Å². The third kappa shape index (κ3) is 3.57. The number of rotatable bonds is 6. The number of aromatic nitrogens is 4. The topological polar surface area (TPSA) is 69.9 Å². The van der Waals surface area contributed by atoms with Gasteiger partial charge in [0.05, 0.1) is 29.6 Å². The number of aryl methyl sites for hydroxylation is 1. The second-order valence-corrected chi connectivity index (χ2v) is 5.53. The first-order valence-corrected chi connectivity index (χ1v) is 8.36. The molecule has 0 N–H and O–H groups in total. The van der Waals surface area contributed by atoms with Crippen LogP contribution in [0.15, 0.2) is 42.7 Å². The predicted molar refractivity (Wildman–Crippen MR) is 96.6 cm³/mol. The Bertz CT molecular complexity index is 909. The van der Waals surface area contributed by atoms with Gasteiger partial charge in [0.15, 0.2) is 0 Å². The third-order valence-electron chi connectivity index (χ3n) is 3.81. The molecule has 0 amide bonds. The van der Waals surface area contributed by atoms with Crippen LogP contribution in [-0.4, -0.2) is 32.6 Å². The number of ether oxygens (including phenoxy) is 1. The maximum atomic E-state index is 12.6. The van der Waals surface area contributed by atoms with E-state index in [1.165, 1.54) is 0 Å². The van der Waals surface area contributed by atoms with E-state index in [9.17, 15) is 4.79 Å². The normalized spacial score (nSPS) is 11.7. The predicted octanol–water partition coefficient (Wildman–Crippen LogP) is 3.34. The van der Waals surface area contributed by atoms with E-state index in [1.807, 2.05) is 41.1 Å². The molecule has 0 aliphatic heterocycles. The van der Waals surface area contributed by atoms with Crippen LogP contribution in [0.2, 0.25) is 0 Å². The highest BCUT2D eigenvalue weighted by Gasteiger charge is 2.18. The monoisotopic (exact) mass is 336 g/mol. The largest absolute Gasteiger partial charge is 0.462 e. The van der Waals surface area contributed by atoms with Crippen molar-refractivity contribution in [2.24, 2.45) is 0 Å². The van der Waals surface area contributed by atoms with Crippen LogP contribution in [0.4, 0.5) is 0 Å². The summed E-state index contributed by atoms with van der Waals surface area (Å²) in [6.45, 7) is 4.96. The fourth-order valence-corrected chi connectivity index (χ4v) is 2.69. The van der Waals surface area contributed by atoms with Crippen molar-refractivity contribution in [2.45, 2.75) is 26.8 Å². The second-order valence-electron chi connectivity index (χ2n) is 5.53. The van der Waals surface area contributed by atoms with Gasteiger partial charge >= 0.3 is 5.97 Å². The lowest BCUT2D eigenvalue weighted by molar-refractivity contribution is -0.136. The minimum absolute atomic E-state index is 0.306. The van der Waals surface area contributed by atoms with Crippen LogP contribution in [0.3, 0.4) is 0 Å². The number of hydrogen-bond acceptors (Lipinski definition) is 5. The van der Waals surface area contributed by atoms with E-state index < -0.39 is 0 Å². The summed E-state index contributed by atoms with van der Waals surface area (Å²) < 4.78 is 7.14. The summed E-state index contributed by atoms with van der Waals surface area (Å²) in [5, 5.41) is 13.3. The summed E-state index contributed by atoms with van der Waals surface area (Å²) in [7, 11) is 0. The van der Waals surface area contributed by atoms with Gasteiger partial charge in [0.2, 0.25) is 0 Å². The van der Waals surface area contributed by atoms with Gasteiger partial charge in [-0.15, -0.1) is 0 Å². The lowest BCUT2D eigenvalue weighted by Crippen LogP contribution is -2.09. The molecule has 3 rings (SSSR count). The third-order valence-corrected chi connectivity index (χ3v) is 3.81. The minimum Gasteiger partial charge on any atom is -0.462 e. The first-order valence-electron chi connectivity index (χ1n) is 8.36. The number of carbonyl (C=O) groups is 1. The quantitative estimate of drug-likeness (QED) is 0.510. The molecule has 6 heteroatoms. The number of nitrogens with zero attached hydrogens (tertiary/aromatic N) is 4. The minimum atomic E-state index is -0.384. The lowest BCUT2D eigenvalue weighted by atomic mass is 10.0. The Balaban J connectivity index is 2.16. The van der Waals surface area contributed by atoms with Gasteiger partial charge < -0.3 is 4.74 Å². The van der Waals surface area contributed by atoms with Crippen molar-refractivity contribution in [1.82, 2.24) is 20.0 Å². The molecule has 0 bridgehead atoms. The average Bonchev–Trinajstić information content (AvgIpc) is 3.07. The SMILES string of the molecule is CCCn1nccc1C=C(C(=O)OCC)c1cnnc2ccccc12. The van der Waals surface area contributed by atoms with Crippen LogP contribution in [0, 0.1) is 0 Å². The van der Waals surface area contributed by atoms with Gasteiger partial charge in [-0.05, 0) is 31.6 Å². The molecule has 0 saturated heterocycles. The molecule has 0 atom stereocenters. The van der Waals surface area contributed by atoms with Crippen LogP contribution >= 0.6 is 0 Å². The summed E-state index contributed by atoms with van der Waals surface area (Å²) in [5.41, 5.74) is 2.74. The van der Waals surface area contributed by atoms with Crippen molar-refractivity contribution in [3.05, 3.63) is 54.0 Å². The maximum Gasteiger partial charge on any atom is 0.338 e. The zero-order valence-electron chi connectivity index (χ0n) is 14.3. The van der Waals surface area contributed by atoms with Crippen molar-refractivity contribution >= 4 is 28.5 Å². The molecule has 0 fully saturated rings. The van der Waals surface area contributed by atoms with Crippen LogP contribution in [0.5, 0.6) is 0 Å². The van der Waals surface area contributed by atoms with Gasteiger partial charge in [-0.1, -0.05) is 25.1 Å². The van der Waals surface area contributed by atoms with Crippen molar-refractivity contribution in [2.75, 3.05) is 6.61 Å². The second kappa shape index (κ2) is 7.70. The zero-order chi connectivity index (χ0) is 17.6. The molecule has 0 saturated carbocycles. The van der Waals surface area contributed by atoms with Crippen LogP contribution in [0.25, 0.3) is 22.6 Å². The van der Waals surface area contributed by atoms with E-state index in [1.54, 1.807) is 19.3 Å². The van der Waals surface area contributed by atoms with Gasteiger partial charge in [-0.25, -0.2) is 4.79 Å². The van der Waals surface area contributed by atoms with Gasteiger partial charge in [-0.3, -0.25) is 4.68 Å². The van der Waals surface area contributed by atoms with Crippen molar-refractivity contribution in [3.63, 3.8) is 0 Å². The Kier molecular flexibility index (Phi) is 5.18. The summed E-state index contributed by atoms with van der Waals surface area (Å²) in [5.74, 6) is -0.384. The number of carbonyl (C=O) groups excluding carboxylic acids is 1. The average molecular weight is 336 g/mol. The van der Waals surface area contributed by atoms with E-state index in [2.05, 4.69) is 22.2 Å². The molecule has 128 valence electrons. The summed E-state index contributed by atoms with van der Waals surface area (Å²) in [6.07, 6.45) is 6.10. The molecule has 6 nitrogen and oxygen atoms in total. The Morgan fingerprint density at radius 1 is 1.24 bits per heavy atom. The molecular formula is C19H20N4O2. The fraction of sp³-hybridized carbons (Fsp3) is 0.263. The van der Waals surface area contributed by atoms with Gasteiger partial charge in [-0.2, -0.15) is 15.3 Å². The Labute approximate surface area is 146 Å². The first kappa shape index (κ1) is 16.8. The molecular weight excluding hydrogens is 316 g/mol. The highest BCUT2D eigenvalue weighted by molar-refractivity contribution is 6.24. The molecule has 2 heterocycles. The number of fused-ring (bicyclic) bond motifs is 1. The highest BCUT2D eigenvalue weighted by atomic mass is 16.5. The van der Waals surface area contributed by atoms with E-state index in [0.29, 0.717) is 17.7 Å². The maximum absolute atomic E-state index is 12.6. The molecule has 0 aliphatic carbocycles. The zero-order valence-corrected chi connectivity index (χ0v) is 14.3. The van der Waals surface area contributed by atoms with Crippen LogP contribution < -0.4 is 0 Å². The number of esters is 1. The Morgan fingerprint density at radius 3 is 2.88 bits per heavy atom. The fourth-order valence-electron chi connectivity index (χ4n) is 2.69. The molecule has 0 radical (unpaired) electrons. The Hall–Kier alpha value is -3.02. The number of hydrogen-bond donors (Lipinski definition) is 0. The van der Waals surface area contributed by atoms with E-state index >= 15 is 0 Å². The Morgan fingerprint density at radius 2 is 2.08 bits per heavy atom. The van der Waals surface area contributed by atoms with Crippen LogP contribution in [0.1, 0.15) is 31.5 Å².